The molecule has 1 aromatic rings. The van der Waals surface area contributed by atoms with Crippen molar-refractivity contribution >= 4 is 11.6 Å². The van der Waals surface area contributed by atoms with E-state index in [1.165, 1.54) is 17.0 Å². The molecule has 0 radical (unpaired) electrons. The van der Waals surface area contributed by atoms with E-state index in [4.69, 9.17) is 5.11 Å². The van der Waals surface area contributed by atoms with Crippen LogP contribution in [-0.2, 0) is 0 Å². The Balaban J connectivity index is 3.14. The summed E-state index contributed by atoms with van der Waals surface area (Å²) in [5.41, 5.74) is 0.544. The van der Waals surface area contributed by atoms with Gasteiger partial charge in [-0.2, -0.15) is 0 Å². The Kier molecular flexibility index (Phi) is 4.38. The first-order valence-electron chi connectivity index (χ1n) is 5.52. The molecule has 0 aliphatic rings. The Hall–Kier alpha value is -1.95. The number of amides is 1. The highest BCUT2D eigenvalue weighted by Gasteiger charge is 2.22. The molecule has 0 fully saturated rings. The second-order valence-corrected chi connectivity index (χ2v) is 4.15. The van der Waals surface area contributed by atoms with Crippen molar-refractivity contribution in [2.24, 2.45) is 0 Å². The van der Waals surface area contributed by atoms with Crippen molar-refractivity contribution in [1.82, 2.24) is 4.90 Å². The number of carbonyl (C=O) groups excluding carboxylic acids is 1. The van der Waals surface area contributed by atoms with Crippen molar-refractivity contribution in [3.63, 3.8) is 0 Å². The van der Waals surface area contributed by atoms with Gasteiger partial charge in [0, 0.05) is 24.2 Å². The highest BCUT2D eigenvalue weighted by molar-refractivity contribution is 5.96. The number of aliphatic hydroxyl groups excluding tert-OH is 1. The molecule has 1 atom stereocenters. The molecule has 6 nitrogen and oxygen atoms in total. The Morgan fingerprint density at radius 1 is 1.56 bits per heavy atom. The van der Waals surface area contributed by atoms with E-state index >= 15 is 0 Å². The minimum atomic E-state index is -0.512. The molecule has 0 bridgehead atoms. The van der Waals surface area contributed by atoms with Crippen LogP contribution in [0.1, 0.15) is 22.8 Å². The van der Waals surface area contributed by atoms with E-state index in [1.807, 2.05) is 0 Å². The van der Waals surface area contributed by atoms with Crippen molar-refractivity contribution < 1.29 is 14.8 Å². The minimum Gasteiger partial charge on any atom is -0.394 e. The minimum absolute atomic E-state index is 0.0779. The molecule has 0 heterocycles. The van der Waals surface area contributed by atoms with Crippen LogP contribution < -0.4 is 0 Å². The number of hydrogen-bond donors (Lipinski definition) is 1. The SMILES string of the molecule is Cc1c(C(=O)N(C)C(C)CO)cccc1[N+](=O)[O-]. The fourth-order valence-corrected chi connectivity index (χ4v) is 1.57. The van der Waals surface area contributed by atoms with Gasteiger partial charge in [-0.25, -0.2) is 0 Å². The number of carbonyl (C=O) groups is 1. The number of nitro groups is 1. The van der Waals surface area contributed by atoms with Gasteiger partial charge in [0.2, 0.25) is 0 Å². The topological polar surface area (TPSA) is 83.7 Å². The molecule has 18 heavy (non-hydrogen) atoms. The zero-order valence-corrected chi connectivity index (χ0v) is 10.6. The van der Waals surface area contributed by atoms with E-state index in [0.717, 1.165) is 0 Å². The monoisotopic (exact) mass is 252 g/mol. The maximum atomic E-state index is 12.1. The Bertz CT molecular complexity index is 473. The van der Waals surface area contributed by atoms with Crippen LogP contribution in [-0.4, -0.2) is 40.5 Å². The number of rotatable bonds is 4. The zero-order chi connectivity index (χ0) is 13.9. The summed E-state index contributed by atoms with van der Waals surface area (Å²) < 4.78 is 0. The molecule has 1 N–H and O–H groups in total. The maximum Gasteiger partial charge on any atom is 0.273 e. The molecular weight excluding hydrogens is 236 g/mol. The van der Waals surface area contributed by atoms with Crippen molar-refractivity contribution in [1.29, 1.82) is 0 Å². The lowest BCUT2D eigenvalue weighted by atomic mass is 10.1. The molecule has 0 aliphatic heterocycles. The molecule has 1 unspecified atom stereocenters. The van der Waals surface area contributed by atoms with Gasteiger partial charge in [-0.05, 0) is 19.9 Å². The Morgan fingerprint density at radius 3 is 2.67 bits per heavy atom. The van der Waals surface area contributed by atoms with E-state index in [-0.39, 0.29) is 29.8 Å². The maximum absolute atomic E-state index is 12.1. The number of likely N-dealkylation sites (N-methyl/N-ethyl adjacent to an activating group) is 1. The third-order valence-corrected chi connectivity index (χ3v) is 2.98. The molecule has 0 spiro atoms. The largest absolute Gasteiger partial charge is 0.394 e. The van der Waals surface area contributed by atoms with Gasteiger partial charge in [0.15, 0.2) is 0 Å². The summed E-state index contributed by atoms with van der Waals surface area (Å²) in [7, 11) is 1.56. The zero-order valence-electron chi connectivity index (χ0n) is 10.6. The van der Waals surface area contributed by atoms with Crippen LogP contribution in [0.3, 0.4) is 0 Å². The summed E-state index contributed by atoms with van der Waals surface area (Å²) in [5.74, 6) is -0.335. The number of aliphatic hydroxyl groups is 1. The second kappa shape index (κ2) is 5.59. The number of hydrogen-bond acceptors (Lipinski definition) is 4. The first-order chi connectivity index (χ1) is 8.40. The van der Waals surface area contributed by atoms with E-state index in [0.29, 0.717) is 5.56 Å². The lowest BCUT2D eigenvalue weighted by molar-refractivity contribution is -0.385. The van der Waals surface area contributed by atoms with Crippen LogP contribution >= 0.6 is 0 Å². The lowest BCUT2D eigenvalue weighted by Gasteiger charge is -2.23. The standard InChI is InChI=1S/C12H16N2O4/c1-8(7-15)13(3)12(16)10-5-4-6-11(9(10)2)14(17)18/h4-6,8,15H,7H2,1-3H3. The summed E-state index contributed by atoms with van der Waals surface area (Å²) >= 11 is 0. The van der Waals surface area contributed by atoms with Gasteiger partial charge < -0.3 is 10.0 Å². The number of nitrogens with zero attached hydrogens (tertiary/aromatic N) is 2. The van der Waals surface area contributed by atoms with Crippen LogP contribution in [0.15, 0.2) is 18.2 Å². The Labute approximate surface area is 105 Å². The Morgan fingerprint density at radius 2 is 2.17 bits per heavy atom. The second-order valence-electron chi connectivity index (χ2n) is 4.15. The predicted molar refractivity (Wildman–Crippen MR) is 66.5 cm³/mol. The van der Waals surface area contributed by atoms with Gasteiger partial charge in [-0.15, -0.1) is 0 Å². The normalized spacial score (nSPS) is 12.0. The quantitative estimate of drug-likeness (QED) is 0.647. The molecule has 98 valence electrons. The molecular formula is C12H16N2O4. The number of nitro benzene ring substituents is 1. The van der Waals surface area contributed by atoms with E-state index in [2.05, 4.69) is 0 Å². The molecule has 0 aliphatic carbocycles. The van der Waals surface area contributed by atoms with Crippen molar-refractivity contribution in [2.45, 2.75) is 19.9 Å². The fourth-order valence-electron chi connectivity index (χ4n) is 1.57. The van der Waals surface area contributed by atoms with Crippen LogP contribution in [0, 0.1) is 17.0 Å². The average molecular weight is 252 g/mol. The highest BCUT2D eigenvalue weighted by atomic mass is 16.6. The predicted octanol–water partition coefficient (Wildman–Crippen LogP) is 1.36. The molecule has 6 heteroatoms. The van der Waals surface area contributed by atoms with Gasteiger partial charge in [0.25, 0.3) is 11.6 Å². The summed E-state index contributed by atoms with van der Waals surface area (Å²) in [6.45, 7) is 3.09. The average Bonchev–Trinajstić information content (AvgIpc) is 2.36. The molecule has 0 saturated heterocycles. The van der Waals surface area contributed by atoms with Crippen LogP contribution in [0.25, 0.3) is 0 Å². The first-order valence-corrected chi connectivity index (χ1v) is 5.52. The van der Waals surface area contributed by atoms with Gasteiger partial charge >= 0.3 is 0 Å². The third kappa shape index (κ3) is 2.65. The first kappa shape index (κ1) is 14.1. The van der Waals surface area contributed by atoms with Crippen molar-refractivity contribution in [3.05, 3.63) is 39.4 Å². The van der Waals surface area contributed by atoms with E-state index in [1.54, 1.807) is 27.0 Å². The van der Waals surface area contributed by atoms with E-state index < -0.39 is 4.92 Å². The van der Waals surface area contributed by atoms with Gasteiger partial charge in [0.1, 0.15) is 0 Å². The smallest absolute Gasteiger partial charge is 0.273 e. The summed E-state index contributed by atoms with van der Waals surface area (Å²) in [6.07, 6.45) is 0. The van der Waals surface area contributed by atoms with Gasteiger partial charge in [0.05, 0.1) is 17.6 Å². The van der Waals surface area contributed by atoms with Crippen molar-refractivity contribution in [3.8, 4) is 0 Å². The molecule has 1 rings (SSSR count). The third-order valence-electron chi connectivity index (χ3n) is 2.98. The highest BCUT2D eigenvalue weighted by Crippen LogP contribution is 2.22. The number of benzene rings is 1. The summed E-state index contributed by atoms with van der Waals surface area (Å²) in [6, 6.07) is 4.05. The van der Waals surface area contributed by atoms with Crippen LogP contribution in [0.2, 0.25) is 0 Å². The van der Waals surface area contributed by atoms with Crippen LogP contribution in [0.5, 0.6) is 0 Å². The van der Waals surface area contributed by atoms with Gasteiger partial charge in [-0.3, -0.25) is 14.9 Å². The van der Waals surface area contributed by atoms with Crippen molar-refractivity contribution in [2.75, 3.05) is 13.7 Å². The summed E-state index contributed by atoms with van der Waals surface area (Å²) in [4.78, 5) is 23.8. The lowest BCUT2D eigenvalue weighted by Crippen LogP contribution is -2.37. The summed E-state index contributed by atoms with van der Waals surface area (Å²) in [5, 5.41) is 19.8. The molecule has 0 saturated carbocycles. The molecule has 0 aromatic heterocycles. The van der Waals surface area contributed by atoms with E-state index in [9.17, 15) is 14.9 Å². The van der Waals surface area contributed by atoms with Gasteiger partial charge in [-0.1, -0.05) is 6.07 Å². The molecule has 1 aromatic carbocycles. The molecule has 1 amide bonds. The van der Waals surface area contributed by atoms with Crippen LogP contribution in [0.4, 0.5) is 5.69 Å². The fraction of sp³-hybridized carbons (Fsp3) is 0.417.